The molecule has 0 fully saturated rings. The highest BCUT2D eigenvalue weighted by Crippen LogP contribution is 2.19. The van der Waals surface area contributed by atoms with Crippen molar-refractivity contribution in [3.63, 3.8) is 0 Å². The smallest absolute Gasteiger partial charge is 0.168 e. The zero-order chi connectivity index (χ0) is 15.7. The molecule has 0 aliphatic rings. The molecule has 0 unspecified atom stereocenters. The predicted octanol–water partition coefficient (Wildman–Crippen LogP) is 3.06. The van der Waals surface area contributed by atoms with Crippen LogP contribution in [-0.2, 0) is 6.42 Å². The van der Waals surface area contributed by atoms with Gasteiger partial charge in [0.15, 0.2) is 6.29 Å². The predicted molar refractivity (Wildman–Crippen MR) is 79.2 cm³/mol. The summed E-state index contributed by atoms with van der Waals surface area (Å²) < 4.78 is 14.7. The van der Waals surface area contributed by atoms with Crippen LogP contribution in [-0.4, -0.2) is 15.7 Å². The summed E-state index contributed by atoms with van der Waals surface area (Å²) in [6, 6.07) is 11.6. The number of nitrogens with zero attached hydrogens (tertiary/aromatic N) is 3. The van der Waals surface area contributed by atoms with Gasteiger partial charge in [-0.3, -0.25) is 9.20 Å². The number of hydrogen-bond donors (Lipinski definition) is 0. The molecule has 0 aliphatic heterocycles. The van der Waals surface area contributed by atoms with Gasteiger partial charge in [0, 0.05) is 12.1 Å². The summed E-state index contributed by atoms with van der Waals surface area (Å²) in [4.78, 5) is 16.0. The fourth-order valence-corrected chi connectivity index (χ4v) is 2.53. The van der Waals surface area contributed by atoms with Crippen molar-refractivity contribution >= 4 is 11.9 Å². The van der Waals surface area contributed by atoms with Gasteiger partial charge in [0.05, 0.1) is 11.3 Å². The maximum atomic E-state index is 13.0. The molecule has 0 saturated heterocycles. The summed E-state index contributed by atoms with van der Waals surface area (Å²) in [6.45, 7) is 1.78. The molecule has 2 heterocycles. The Morgan fingerprint density at radius 2 is 2.00 bits per heavy atom. The summed E-state index contributed by atoms with van der Waals surface area (Å²) in [7, 11) is 0. The molecule has 5 heteroatoms. The minimum absolute atomic E-state index is 0.302. The lowest BCUT2D eigenvalue weighted by molar-refractivity contribution is 0.111. The molecule has 0 radical (unpaired) electrons. The van der Waals surface area contributed by atoms with E-state index in [1.807, 2.05) is 0 Å². The second-order valence-electron chi connectivity index (χ2n) is 5.00. The Hall–Kier alpha value is -3.00. The minimum Gasteiger partial charge on any atom is -0.296 e. The molecule has 0 spiro atoms. The largest absolute Gasteiger partial charge is 0.296 e. The summed E-state index contributed by atoms with van der Waals surface area (Å²) in [5.74, 6) is -0.302. The number of nitriles is 1. The van der Waals surface area contributed by atoms with Crippen molar-refractivity contribution in [2.24, 2.45) is 0 Å². The van der Waals surface area contributed by atoms with Crippen LogP contribution in [0, 0.1) is 24.1 Å². The highest BCUT2D eigenvalue weighted by Gasteiger charge is 2.15. The number of fused-ring (bicyclic) bond motifs is 1. The SMILES string of the molecule is Cc1c(C#N)ccc2nc(Cc3ccc(F)cc3)c(C=O)n12. The molecule has 0 bridgehead atoms. The van der Waals surface area contributed by atoms with E-state index in [0.717, 1.165) is 11.8 Å². The summed E-state index contributed by atoms with van der Waals surface area (Å²) >= 11 is 0. The van der Waals surface area contributed by atoms with Gasteiger partial charge in [-0.25, -0.2) is 9.37 Å². The molecule has 0 atom stereocenters. The molecule has 0 aliphatic carbocycles. The molecule has 3 rings (SSSR count). The van der Waals surface area contributed by atoms with Gasteiger partial charge in [-0.15, -0.1) is 0 Å². The van der Waals surface area contributed by atoms with Gasteiger partial charge in [0.1, 0.15) is 23.2 Å². The zero-order valence-electron chi connectivity index (χ0n) is 11.9. The molecule has 108 valence electrons. The molecule has 0 amide bonds. The number of pyridine rings is 1. The van der Waals surface area contributed by atoms with E-state index in [4.69, 9.17) is 5.26 Å². The quantitative estimate of drug-likeness (QED) is 0.697. The van der Waals surface area contributed by atoms with Crippen molar-refractivity contribution in [2.45, 2.75) is 13.3 Å². The molecule has 0 saturated carbocycles. The van der Waals surface area contributed by atoms with Gasteiger partial charge in [0.25, 0.3) is 0 Å². The number of carbonyl (C=O) groups excluding carboxylic acids is 1. The number of aromatic nitrogens is 2. The van der Waals surface area contributed by atoms with Crippen LogP contribution in [0.3, 0.4) is 0 Å². The highest BCUT2D eigenvalue weighted by atomic mass is 19.1. The molecule has 22 heavy (non-hydrogen) atoms. The van der Waals surface area contributed by atoms with Crippen LogP contribution in [0.2, 0.25) is 0 Å². The summed E-state index contributed by atoms with van der Waals surface area (Å²) in [5, 5.41) is 9.10. The Balaban J connectivity index is 2.14. The van der Waals surface area contributed by atoms with E-state index in [-0.39, 0.29) is 5.82 Å². The van der Waals surface area contributed by atoms with Crippen LogP contribution in [0.15, 0.2) is 36.4 Å². The lowest BCUT2D eigenvalue weighted by Crippen LogP contribution is -2.01. The molecule has 1 aromatic carbocycles. The first-order chi connectivity index (χ1) is 10.6. The molecule has 4 nitrogen and oxygen atoms in total. The average molecular weight is 293 g/mol. The number of halogens is 1. The monoisotopic (exact) mass is 293 g/mol. The summed E-state index contributed by atoms with van der Waals surface area (Å²) in [5.41, 5.74) is 3.71. The average Bonchev–Trinajstić information content (AvgIpc) is 2.88. The van der Waals surface area contributed by atoms with Crippen LogP contribution in [0.1, 0.15) is 33.0 Å². The number of aryl methyl sites for hydroxylation is 1. The Bertz CT molecular complexity index is 904. The first-order valence-electron chi connectivity index (χ1n) is 6.74. The number of carbonyl (C=O) groups is 1. The zero-order valence-corrected chi connectivity index (χ0v) is 11.9. The van der Waals surface area contributed by atoms with Gasteiger partial charge in [-0.2, -0.15) is 5.26 Å². The normalized spacial score (nSPS) is 10.6. The Morgan fingerprint density at radius 3 is 2.64 bits per heavy atom. The van der Waals surface area contributed by atoms with Gasteiger partial charge in [-0.1, -0.05) is 12.1 Å². The molecule has 2 aromatic heterocycles. The van der Waals surface area contributed by atoms with E-state index < -0.39 is 0 Å². The second-order valence-corrected chi connectivity index (χ2v) is 5.00. The van der Waals surface area contributed by atoms with E-state index in [1.165, 1.54) is 12.1 Å². The third-order valence-electron chi connectivity index (χ3n) is 3.66. The highest BCUT2D eigenvalue weighted by molar-refractivity contribution is 5.77. The van der Waals surface area contributed by atoms with Gasteiger partial charge in [0.2, 0.25) is 0 Å². The van der Waals surface area contributed by atoms with Crippen molar-refractivity contribution in [2.75, 3.05) is 0 Å². The minimum atomic E-state index is -0.302. The number of imidazole rings is 1. The van der Waals surface area contributed by atoms with E-state index in [1.54, 1.807) is 35.6 Å². The van der Waals surface area contributed by atoms with E-state index in [0.29, 0.717) is 34.7 Å². The van der Waals surface area contributed by atoms with Crippen LogP contribution in [0.25, 0.3) is 5.65 Å². The maximum absolute atomic E-state index is 13.0. The van der Waals surface area contributed by atoms with Crippen molar-refractivity contribution in [3.05, 3.63) is 70.4 Å². The van der Waals surface area contributed by atoms with Crippen LogP contribution < -0.4 is 0 Å². The van der Waals surface area contributed by atoms with Gasteiger partial charge < -0.3 is 0 Å². The molecular weight excluding hydrogens is 281 g/mol. The van der Waals surface area contributed by atoms with Crippen LogP contribution in [0.4, 0.5) is 4.39 Å². The molecule has 3 aromatic rings. The first kappa shape index (κ1) is 14.0. The number of aldehydes is 1. The lowest BCUT2D eigenvalue weighted by Gasteiger charge is -2.04. The Labute approximate surface area is 126 Å². The molecular formula is C17H12FN3O. The lowest BCUT2D eigenvalue weighted by atomic mass is 10.1. The standard InChI is InChI=1S/C17H12FN3O/c1-11-13(9-19)4-7-17-20-15(16(10-22)21(11)17)8-12-2-5-14(18)6-3-12/h2-7,10H,8H2,1H3. The van der Waals surface area contributed by atoms with Crippen LogP contribution >= 0.6 is 0 Å². The first-order valence-corrected chi connectivity index (χ1v) is 6.74. The van der Waals surface area contributed by atoms with Gasteiger partial charge in [-0.05, 0) is 36.8 Å². The topological polar surface area (TPSA) is 58.2 Å². The van der Waals surface area contributed by atoms with Crippen molar-refractivity contribution in [1.82, 2.24) is 9.38 Å². The second kappa shape index (κ2) is 5.41. The van der Waals surface area contributed by atoms with Crippen molar-refractivity contribution in [1.29, 1.82) is 5.26 Å². The van der Waals surface area contributed by atoms with Crippen molar-refractivity contribution in [3.8, 4) is 6.07 Å². The number of rotatable bonds is 3. The third-order valence-corrected chi connectivity index (χ3v) is 3.66. The third kappa shape index (κ3) is 2.25. The van der Waals surface area contributed by atoms with E-state index >= 15 is 0 Å². The maximum Gasteiger partial charge on any atom is 0.168 e. The number of benzene rings is 1. The summed E-state index contributed by atoms with van der Waals surface area (Å²) in [6.07, 6.45) is 1.17. The van der Waals surface area contributed by atoms with E-state index in [9.17, 15) is 9.18 Å². The fourth-order valence-electron chi connectivity index (χ4n) is 2.53. The fraction of sp³-hybridized carbons (Fsp3) is 0.118. The van der Waals surface area contributed by atoms with Crippen LogP contribution in [0.5, 0.6) is 0 Å². The Morgan fingerprint density at radius 1 is 1.27 bits per heavy atom. The van der Waals surface area contributed by atoms with E-state index in [2.05, 4.69) is 11.1 Å². The van der Waals surface area contributed by atoms with Gasteiger partial charge >= 0.3 is 0 Å². The van der Waals surface area contributed by atoms with Crippen molar-refractivity contribution < 1.29 is 9.18 Å². The number of hydrogen-bond acceptors (Lipinski definition) is 3. The molecule has 0 N–H and O–H groups in total. The Kier molecular flexibility index (Phi) is 3.43.